The van der Waals surface area contributed by atoms with Crippen molar-refractivity contribution >= 4 is 5.71 Å². The molecule has 0 aromatic heterocycles. The first-order chi connectivity index (χ1) is 14.6. The van der Waals surface area contributed by atoms with Gasteiger partial charge in [-0.15, -0.1) is 0 Å². The van der Waals surface area contributed by atoms with E-state index in [9.17, 15) is 15.8 Å². The van der Waals surface area contributed by atoms with Crippen LogP contribution in [0.25, 0.3) is 0 Å². The second-order valence-electron chi connectivity index (χ2n) is 10.0. The van der Waals surface area contributed by atoms with E-state index in [1.807, 2.05) is 38.1 Å². The van der Waals surface area contributed by atoms with Gasteiger partial charge in [-0.3, -0.25) is 0 Å². The Morgan fingerprint density at radius 2 is 1.77 bits per heavy atom. The van der Waals surface area contributed by atoms with Gasteiger partial charge in [0.25, 0.3) is 0 Å². The molecule has 0 amide bonds. The minimum absolute atomic E-state index is 0.0512. The molecule has 5 nitrogen and oxygen atoms in total. The van der Waals surface area contributed by atoms with Gasteiger partial charge in [0.15, 0.2) is 5.41 Å². The fraction of sp³-hybridized carbons (Fsp3) is 0.538. The van der Waals surface area contributed by atoms with Crippen LogP contribution in [0.5, 0.6) is 5.75 Å². The van der Waals surface area contributed by atoms with Crippen molar-refractivity contribution in [2.45, 2.75) is 59.5 Å². The zero-order valence-electron chi connectivity index (χ0n) is 18.9. The molecular formula is C26H30N4O. The van der Waals surface area contributed by atoms with E-state index in [0.717, 1.165) is 24.0 Å². The lowest BCUT2D eigenvalue weighted by molar-refractivity contribution is 0.165. The number of ether oxygens (including phenoxy) is 1. The van der Waals surface area contributed by atoms with Gasteiger partial charge in [-0.2, -0.15) is 15.8 Å². The summed E-state index contributed by atoms with van der Waals surface area (Å²) in [4.78, 5) is 0. The van der Waals surface area contributed by atoms with Crippen LogP contribution in [0.1, 0.15) is 58.9 Å². The Morgan fingerprint density at radius 1 is 1.13 bits per heavy atom. The number of fused-ring (bicyclic) bond motifs is 1. The molecule has 0 heterocycles. The van der Waals surface area contributed by atoms with E-state index in [1.54, 1.807) is 0 Å². The average Bonchev–Trinajstić information content (AvgIpc) is 2.72. The van der Waals surface area contributed by atoms with Gasteiger partial charge in [-0.1, -0.05) is 45.0 Å². The molecule has 31 heavy (non-hydrogen) atoms. The Morgan fingerprint density at radius 3 is 2.32 bits per heavy atom. The largest absolute Gasteiger partial charge is 0.491 e. The summed E-state index contributed by atoms with van der Waals surface area (Å²) in [5.74, 6) is -0.583. The molecule has 0 saturated heterocycles. The third-order valence-electron chi connectivity index (χ3n) is 6.84. The number of nitrogens with one attached hydrogen (secondary N) is 1. The third-order valence-corrected chi connectivity index (χ3v) is 6.84. The number of para-hydroxylation sites is 1. The van der Waals surface area contributed by atoms with Crippen molar-refractivity contribution in [3.63, 3.8) is 0 Å². The van der Waals surface area contributed by atoms with Crippen molar-refractivity contribution in [3.8, 4) is 24.0 Å². The molecule has 0 radical (unpaired) electrons. The fourth-order valence-electron chi connectivity index (χ4n) is 5.17. The molecule has 2 aliphatic rings. The van der Waals surface area contributed by atoms with Gasteiger partial charge in [-0.25, -0.2) is 0 Å². The maximum atomic E-state index is 10.3. The summed E-state index contributed by atoms with van der Waals surface area (Å²) in [5, 5.41) is 39.2. The highest BCUT2D eigenvalue weighted by molar-refractivity contribution is 6.01. The molecule has 3 rings (SSSR count). The second-order valence-corrected chi connectivity index (χ2v) is 10.0. The smallest absolute Gasteiger partial charge is 0.189 e. The summed E-state index contributed by atoms with van der Waals surface area (Å²) in [6.45, 7) is 10.5. The number of hydrogen-bond acceptors (Lipinski definition) is 5. The summed E-state index contributed by atoms with van der Waals surface area (Å²) >= 11 is 0. The lowest BCUT2D eigenvalue weighted by atomic mass is 9.51. The lowest BCUT2D eigenvalue weighted by Gasteiger charge is -2.49. The number of nitrogens with zero attached hydrogens (tertiary/aromatic N) is 3. The van der Waals surface area contributed by atoms with Crippen molar-refractivity contribution in [2.75, 3.05) is 0 Å². The summed E-state index contributed by atoms with van der Waals surface area (Å²) in [7, 11) is 0. The SMILES string of the molecule is CC(C)Oc1ccccc1[C@H]1[C@@H]2C[C@@H](C(C)(C)C)CC=C2[C@H](C#N)C(=N)C1(C#N)C#N. The Balaban J connectivity index is 2.28. The predicted octanol–water partition coefficient (Wildman–Crippen LogP) is 5.76. The van der Waals surface area contributed by atoms with E-state index in [4.69, 9.17) is 10.1 Å². The second kappa shape index (κ2) is 8.20. The number of benzene rings is 1. The molecule has 1 aromatic rings. The average molecular weight is 415 g/mol. The van der Waals surface area contributed by atoms with Crippen LogP contribution in [-0.2, 0) is 0 Å². The van der Waals surface area contributed by atoms with Crippen LogP contribution in [0.15, 0.2) is 35.9 Å². The standard InChI is InChI=1S/C26H30N4O/c1-16(2)31-22-9-7-6-8-19(22)23-20-12-17(25(3,4)5)10-11-18(20)21(13-27)24(30)26(23,14-28)15-29/h6-9,11,16-17,20-21,23,30H,10,12H2,1-5H3/t17-,20+,21-,23-/m0/s1. The van der Waals surface area contributed by atoms with Crippen LogP contribution in [-0.4, -0.2) is 11.8 Å². The monoisotopic (exact) mass is 414 g/mol. The zero-order valence-corrected chi connectivity index (χ0v) is 18.9. The van der Waals surface area contributed by atoms with Crippen LogP contribution < -0.4 is 4.74 Å². The summed E-state index contributed by atoms with van der Waals surface area (Å²) in [5.41, 5.74) is -0.112. The molecule has 2 aliphatic carbocycles. The summed E-state index contributed by atoms with van der Waals surface area (Å²) in [6, 6.07) is 14.1. The minimum atomic E-state index is -1.71. The topological polar surface area (TPSA) is 104 Å². The zero-order chi connectivity index (χ0) is 23.0. The molecule has 160 valence electrons. The number of rotatable bonds is 3. The van der Waals surface area contributed by atoms with E-state index < -0.39 is 17.3 Å². The molecule has 1 N–H and O–H groups in total. The van der Waals surface area contributed by atoms with Crippen molar-refractivity contribution in [2.24, 2.45) is 28.6 Å². The summed E-state index contributed by atoms with van der Waals surface area (Å²) < 4.78 is 6.07. The molecule has 1 fully saturated rings. The van der Waals surface area contributed by atoms with E-state index in [-0.39, 0.29) is 23.1 Å². The van der Waals surface area contributed by atoms with E-state index in [2.05, 4.69) is 45.1 Å². The van der Waals surface area contributed by atoms with Gasteiger partial charge in [-0.05, 0) is 55.6 Å². The number of hydrogen-bond donors (Lipinski definition) is 1. The fourth-order valence-corrected chi connectivity index (χ4v) is 5.17. The Kier molecular flexibility index (Phi) is 5.98. The first-order valence-electron chi connectivity index (χ1n) is 10.9. The molecule has 0 aliphatic heterocycles. The van der Waals surface area contributed by atoms with Crippen LogP contribution in [0, 0.1) is 68.0 Å². The van der Waals surface area contributed by atoms with Gasteiger partial charge in [0.05, 0.1) is 30.0 Å². The van der Waals surface area contributed by atoms with Gasteiger partial charge in [0, 0.05) is 11.5 Å². The van der Waals surface area contributed by atoms with Gasteiger partial charge >= 0.3 is 0 Å². The van der Waals surface area contributed by atoms with Crippen molar-refractivity contribution in [1.82, 2.24) is 0 Å². The number of nitriles is 3. The van der Waals surface area contributed by atoms with Crippen molar-refractivity contribution in [3.05, 3.63) is 41.5 Å². The maximum Gasteiger partial charge on any atom is 0.189 e. The molecule has 1 aromatic carbocycles. The molecule has 0 unspecified atom stereocenters. The van der Waals surface area contributed by atoms with E-state index in [0.29, 0.717) is 11.7 Å². The molecule has 5 heteroatoms. The van der Waals surface area contributed by atoms with Crippen molar-refractivity contribution in [1.29, 1.82) is 21.2 Å². The Bertz CT molecular complexity index is 1010. The van der Waals surface area contributed by atoms with Crippen LogP contribution in [0.3, 0.4) is 0 Å². The molecule has 0 spiro atoms. The highest BCUT2D eigenvalue weighted by Gasteiger charge is 2.58. The maximum absolute atomic E-state index is 10.3. The quantitative estimate of drug-likeness (QED) is 0.634. The van der Waals surface area contributed by atoms with Crippen LogP contribution in [0.2, 0.25) is 0 Å². The van der Waals surface area contributed by atoms with Crippen molar-refractivity contribution < 1.29 is 4.74 Å². The normalized spacial score (nSPS) is 27.3. The molecule has 1 saturated carbocycles. The predicted molar refractivity (Wildman–Crippen MR) is 119 cm³/mol. The number of allylic oxidation sites excluding steroid dienone is 2. The molecule has 0 bridgehead atoms. The first-order valence-corrected chi connectivity index (χ1v) is 10.9. The molecular weight excluding hydrogens is 384 g/mol. The third kappa shape index (κ3) is 3.73. The minimum Gasteiger partial charge on any atom is -0.491 e. The van der Waals surface area contributed by atoms with Crippen LogP contribution in [0.4, 0.5) is 0 Å². The highest BCUT2D eigenvalue weighted by atomic mass is 16.5. The van der Waals surface area contributed by atoms with E-state index >= 15 is 0 Å². The lowest BCUT2D eigenvalue weighted by Crippen LogP contribution is -2.50. The van der Waals surface area contributed by atoms with Gasteiger partial charge in [0.1, 0.15) is 11.7 Å². The van der Waals surface area contributed by atoms with Crippen LogP contribution >= 0.6 is 0 Å². The van der Waals surface area contributed by atoms with Gasteiger partial charge in [0.2, 0.25) is 0 Å². The van der Waals surface area contributed by atoms with Gasteiger partial charge < -0.3 is 10.1 Å². The highest BCUT2D eigenvalue weighted by Crippen LogP contribution is 2.58. The molecule has 4 atom stereocenters. The Hall–Kier alpha value is -3.10. The first kappa shape index (κ1) is 22.6. The Labute approximate surface area is 185 Å². The summed E-state index contributed by atoms with van der Waals surface area (Å²) in [6.07, 6.45) is 3.64. The van der Waals surface area contributed by atoms with E-state index in [1.165, 1.54) is 0 Å².